The summed E-state index contributed by atoms with van der Waals surface area (Å²) in [5.74, 6) is 0.627. The van der Waals surface area contributed by atoms with Crippen LogP contribution in [0.5, 0.6) is 5.75 Å². The molecule has 24 heavy (non-hydrogen) atoms. The first kappa shape index (κ1) is 16.1. The van der Waals surface area contributed by atoms with E-state index < -0.39 is 0 Å². The van der Waals surface area contributed by atoms with E-state index in [9.17, 15) is 9.59 Å². The number of H-pyrrole nitrogens is 1. The Labute approximate surface area is 140 Å². The normalized spacial score (nSPS) is 14.6. The zero-order valence-corrected chi connectivity index (χ0v) is 13.9. The minimum Gasteiger partial charge on any atom is -0.495 e. The van der Waals surface area contributed by atoms with Crippen molar-refractivity contribution in [3.05, 3.63) is 58.0 Å². The molecule has 6 heteroatoms. The number of nitrogens with one attached hydrogen (secondary N) is 1. The van der Waals surface area contributed by atoms with Crippen LogP contribution in [0.25, 0.3) is 0 Å². The average molecular weight is 327 g/mol. The van der Waals surface area contributed by atoms with Gasteiger partial charge in [0.2, 0.25) is 0 Å². The Bertz CT molecular complexity index is 792. The second-order valence-electron chi connectivity index (χ2n) is 5.82. The molecule has 1 aromatic heterocycles. The van der Waals surface area contributed by atoms with Gasteiger partial charge in [-0.25, -0.2) is 0 Å². The molecule has 3 rings (SSSR count). The number of nitrogens with zero attached hydrogens (tertiary/aromatic N) is 2. The molecule has 6 nitrogen and oxygen atoms in total. The SMILES string of the molecule is COc1ccccc1N1CCN(C(=O)c2c(C)cc[nH]c2=O)CC1. The van der Waals surface area contributed by atoms with Crippen LogP contribution in [0.4, 0.5) is 5.69 Å². The fraction of sp³-hybridized carbons (Fsp3) is 0.333. The number of aromatic nitrogens is 1. The van der Waals surface area contributed by atoms with Crippen LogP contribution < -0.4 is 15.2 Å². The molecule has 0 radical (unpaired) electrons. The smallest absolute Gasteiger partial charge is 0.261 e. The fourth-order valence-corrected chi connectivity index (χ4v) is 3.04. The number of rotatable bonds is 3. The predicted octanol–water partition coefficient (Wildman–Crippen LogP) is 1.65. The minimum absolute atomic E-state index is 0.200. The number of pyridine rings is 1. The van der Waals surface area contributed by atoms with Crippen LogP contribution in [-0.2, 0) is 0 Å². The molecule has 1 aliphatic rings. The highest BCUT2D eigenvalue weighted by atomic mass is 16.5. The van der Waals surface area contributed by atoms with Crippen molar-refractivity contribution in [1.82, 2.24) is 9.88 Å². The molecule has 0 aliphatic carbocycles. The Hall–Kier alpha value is -2.76. The molecule has 1 aromatic carbocycles. The monoisotopic (exact) mass is 327 g/mol. The molecule has 0 atom stereocenters. The van der Waals surface area contributed by atoms with Crippen molar-refractivity contribution in [1.29, 1.82) is 0 Å². The van der Waals surface area contributed by atoms with Crippen molar-refractivity contribution >= 4 is 11.6 Å². The summed E-state index contributed by atoms with van der Waals surface area (Å²) in [5.41, 5.74) is 1.65. The Morgan fingerprint density at radius 2 is 1.83 bits per heavy atom. The van der Waals surface area contributed by atoms with E-state index in [-0.39, 0.29) is 17.0 Å². The topological polar surface area (TPSA) is 65.6 Å². The first-order chi connectivity index (χ1) is 11.6. The zero-order chi connectivity index (χ0) is 17.1. The number of benzene rings is 1. The second-order valence-corrected chi connectivity index (χ2v) is 5.82. The summed E-state index contributed by atoms with van der Waals surface area (Å²) in [4.78, 5) is 31.2. The van der Waals surface area contributed by atoms with Crippen LogP contribution in [0.1, 0.15) is 15.9 Å². The summed E-state index contributed by atoms with van der Waals surface area (Å²) in [6.07, 6.45) is 1.56. The van der Waals surface area contributed by atoms with E-state index in [4.69, 9.17) is 4.74 Å². The quantitative estimate of drug-likeness (QED) is 0.931. The van der Waals surface area contributed by atoms with Crippen molar-refractivity contribution in [2.24, 2.45) is 0 Å². The molecule has 0 saturated carbocycles. The summed E-state index contributed by atoms with van der Waals surface area (Å²) >= 11 is 0. The number of aryl methyl sites for hydroxylation is 1. The molecule has 0 bridgehead atoms. The Morgan fingerprint density at radius 1 is 1.12 bits per heavy atom. The van der Waals surface area contributed by atoms with Gasteiger partial charge in [0.15, 0.2) is 0 Å². The molecular formula is C18H21N3O3. The number of amides is 1. The van der Waals surface area contributed by atoms with E-state index in [0.29, 0.717) is 31.7 Å². The van der Waals surface area contributed by atoms with Gasteiger partial charge in [-0.1, -0.05) is 12.1 Å². The molecule has 1 fully saturated rings. The number of carbonyl (C=O) groups excluding carboxylic acids is 1. The van der Waals surface area contributed by atoms with Crippen molar-refractivity contribution in [3.63, 3.8) is 0 Å². The Balaban J connectivity index is 1.73. The molecule has 126 valence electrons. The number of para-hydroxylation sites is 2. The van der Waals surface area contributed by atoms with Crippen molar-refractivity contribution < 1.29 is 9.53 Å². The predicted molar refractivity (Wildman–Crippen MR) is 92.9 cm³/mol. The van der Waals surface area contributed by atoms with Gasteiger partial charge >= 0.3 is 0 Å². The van der Waals surface area contributed by atoms with E-state index in [1.165, 1.54) is 0 Å². The molecule has 0 unspecified atom stereocenters. The van der Waals surface area contributed by atoms with Gasteiger partial charge < -0.3 is 19.5 Å². The number of hydrogen-bond donors (Lipinski definition) is 1. The maximum absolute atomic E-state index is 12.7. The van der Waals surface area contributed by atoms with Crippen LogP contribution in [-0.4, -0.2) is 49.1 Å². The zero-order valence-electron chi connectivity index (χ0n) is 13.9. The number of aromatic amines is 1. The third-order valence-corrected chi connectivity index (χ3v) is 4.38. The summed E-state index contributed by atoms with van der Waals surface area (Å²) in [7, 11) is 1.66. The van der Waals surface area contributed by atoms with Crippen LogP contribution >= 0.6 is 0 Å². The lowest BCUT2D eigenvalue weighted by atomic mass is 10.1. The van der Waals surface area contributed by atoms with Gasteiger partial charge in [-0.2, -0.15) is 0 Å². The van der Waals surface area contributed by atoms with Crippen LogP contribution in [0, 0.1) is 6.92 Å². The average Bonchev–Trinajstić information content (AvgIpc) is 2.61. The number of piperazine rings is 1. The van der Waals surface area contributed by atoms with Crippen LogP contribution in [0.15, 0.2) is 41.3 Å². The van der Waals surface area contributed by atoms with E-state index >= 15 is 0 Å². The maximum Gasteiger partial charge on any atom is 0.261 e. The molecule has 2 aromatic rings. The Kier molecular flexibility index (Phi) is 4.55. The third kappa shape index (κ3) is 2.99. The van der Waals surface area contributed by atoms with Gasteiger partial charge in [-0.05, 0) is 30.7 Å². The van der Waals surface area contributed by atoms with Crippen molar-refractivity contribution in [2.75, 3.05) is 38.2 Å². The number of carbonyl (C=O) groups is 1. The standard InChI is InChI=1S/C18H21N3O3/c1-13-7-8-19-17(22)16(13)18(23)21-11-9-20(10-12-21)14-5-3-4-6-15(14)24-2/h3-8H,9-12H2,1-2H3,(H,19,22). The third-order valence-electron chi connectivity index (χ3n) is 4.38. The summed E-state index contributed by atoms with van der Waals surface area (Å²) in [5, 5.41) is 0. The highest BCUT2D eigenvalue weighted by molar-refractivity contribution is 5.95. The molecule has 1 aliphatic heterocycles. The van der Waals surface area contributed by atoms with Gasteiger partial charge in [0, 0.05) is 32.4 Å². The van der Waals surface area contributed by atoms with E-state index in [1.807, 2.05) is 24.3 Å². The second kappa shape index (κ2) is 6.78. The van der Waals surface area contributed by atoms with Gasteiger partial charge in [-0.3, -0.25) is 9.59 Å². The van der Waals surface area contributed by atoms with E-state index in [0.717, 1.165) is 11.4 Å². The highest BCUT2D eigenvalue weighted by Gasteiger charge is 2.26. The number of ether oxygens (including phenoxy) is 1. The largest absolute Gasteiger partial charge is 0.495 e. The first-order valence-electron chi connectivity index (χ1n) is 7.97. The van der Waals surface area contributed by atoms with Gasteiger partial charge in [0.1, 0.15) is 11.3 Å². The molecule has 2 heterocycles. The minimum atomic E-state index is -0.327. The summed E-state index contributed by atoms with van der Waals surface area (Å²) < 4.78 is 5.41. The fourth-order valence-electron chi connectivity index (χ4n) is 3.04. The van der Waals surface area contributed by atoms with E-state index in [1.54, 1.807) is 31.2 Å². The number of methoxy groups -OCH3 is 1. The van der Waals surface area contributed by atoms with Gasteiger partial charge in [-0.15, -0.1) is 0 Å². The summed E-state index contributed by atoms with van der Waals surface area (Å²) in [6, 6.07) is 9.61. The molecule has 1 amide bonds. The lowest BCUT2D eigenvalue weighted by molar-refractivity contribution is 0.0744. The maximum atomic E-state index is 12.7. The Morgan fingerprint density at radius 3 is 2.50 bits per heavy atom. The van der Waals surface area contributed by atoms with Crippen molar-refractivity contribution in [2.45, 2.75) is 6.92 Å². The lowest BCUT2D eigenvalue weighted by Gasteiger charge is -2.36. The number of anilines is 1. The molecule has 1 N–H and O–H groups in total. The van der Waals surface area contributed by atoms with Crippen molar-refractivity contribution in [3.8, 4) is 5.75 Å². The summed E-state index contributed by atoms with van der Waals surface area (Å²) in [6.45, 7) is 4.34. The van der Waals surface area contributed by atoms with Gasteiger partial charge in [0.05, 0.1) is 12.8 Å². The molecular weight excluding hydrogens is 306 g/mol. The highest BCUT2D eigenvalue weighted by Crippen LogP contribution is 2.28. The van der Waals surface area contributed by atoms with Crippen LogP contribution in [0.3, 0.4) is 0 Å². The first-order valence-corrected chi connectivity index (χ1v) is 7.97. The van der Waals surface area contributed by atoms with Gasteiger partial charge in [0.25, 0.3) is 11.5 Å². The lowest BCUT2D eigenvalue weighted by Crippen LogP contribution is -2.49. The van der Waals surface area contributed by atoms with E-state index in [2.05, 4.69) is 9.88 Å². The van der Waals surface area contributed by atoms with Crippen LogP contribution in [0.2, 0.25) is 0 Å². The number of hydrogen-bond acceptors (Lipinski definition) is 4. The molecule has 1 saturated heterocycles. The molecule has 0 spiro atoms.